The highest BCUT2D eigenvalue weighted by Gasteiger charge is 1.99. The minimum Gasteiger partial charge on any atom is -0.410 e. The minimum absolute atomic E-state index is 0.316. The SMILES string of the molecule is CNC(=O)Oc1ccc(F)cc1. The maximum absolute atomic E-state index is 12.3. The van der Waals surface area contributed by atoms with Crippen LogP contribution in [0.25, 0.3) is 0 Å². The first-order chi connectivity index (χ1) is 5.72. The molecule has 0 aliphatic carbocycles. The smallest absolute Gasteiger partial charge is 0.410 e. The Kier molecular flexibility index (Phi) is 2.63. The molecule has 0 radical (unpaired) electrons. The second kappa shape index (κ2) is 3.71. The van der Waals surface area contributed by atoms with Gasteiger partial charge in [0.15, 0.2) is 0 Å². The summed E-state index contributed by atoms with van der Waals surface area (Å²) in [5.74, 6) is -0.0463. The van der Waals surface area contributed by atoms with Gasteiger partial charge >= 0.3 is 6.09 Å². The standard InChI is InChI=1S/C8H8FNO2/c1-10-8(11)12-7-4-2-6(9)3-5-7/h2-5H,1H3,(H,10,11). The molecule has 0 atom stereocenters. The van der Waals surface area contributed by atoms with Crippen molar-refractivity contribution < 1.29 is 13.9 Å². The lowest BCUT2D eigenvalue weighted by atomic mass is 10.3. The first kappa shape index (κ1) is 8.52. The molecule has 4 heteroatoms. The summed E-state index contributed by atoms with van der Waals surface area (Å²) in [6, 6.07) is 5.20. The Morgan fingerprint density at radius 3 is 2.50 bits per heavy atom. The van der Waals surface area contributed by atoms with Crippen molar-refractivity contribution in [2.24, 2.45) is 0 Å². The van der Waals surface area contributed by atoms with E-state index < -0.39 is 6.09 Å². The molecule has 1 amide bonds. The van der Waals surface area contributed by atoms with Gasteiger partial charge in [0, 0.05) is 7.05 Å². The van der Waals surface area contributed by atoms with Crippen molar-refractivity contribution >= 4 is 6.09 Å². The number of rotatable bonds is 1. The summed E-state index contributed by atoms with van der Waals surface area (Å²) in [6.07, 6.45) is -0.568. The average Bonchev–Trinajstić information content (AvgIpc) is 2.09. The molecule has 1 aromatic rings. The van der Waals surface area contributed by atoms with Crippen molar-refractivity contribution in [3.8, 4) is 5.75 Å². The molecule has 64 valence electrons. The molecule has 0 aromatic heterocycles. The fourth-order valence-electron chi connectivity index (χ4n) is 0.661. The molecule has 0 aliphatic heterocycles. The van der Waals surface area contributed by atoms with E-state index in [4.69, 9.17) is 4.74 Å². The largest absolute Gasteiger partial charge is 0.412 e. The van der Waals surface area contributed by atoms with Crippen LogP contribution in [0.15, 0.2) is 24.3 Å². The lowest BCUT2D eigenvalue weighted by molar-refractivity contribution is 0.203. The quantitative estimate of drug-likeness (QED) is 0.692. The Hall–Kier alpha value is -1.58. The highest BCUT2D eigenvalue weighted by molar-refractivity contribution is 5.69. The zero-order valence-corrected chi connectivity index (χ0v) is 6.50. The van der Waals surface area contributed by atoms with Crippen LogP contribution < -0.4 is 10.1 Å². The number of halogens is 1. The maximum atomic E-state index is 12.3. The predicted molar refractivity (Wildman–Crippen MR) is 41.5 cm³/mol. The summed E-state index contributed by atoms with van der Waals surface area (Å²) in [4.78, 5) is 10.6. The Morgan fingerprint density at radius 1 is 1.42 bits per heavy atom. The van der Waals surface area contributed by atoms with Gasteiger partial charge in [0.2, 0.25) is 0 Å². The summed E-state index contributed by atoms with van der Waals surface area (Å²) in [5, 5.41) is 2.27. The average molecular weight is 169 g/mol. The molecule has 0 fully saturated rings. The van der Waals surface area contributed by atoms with Crippen molar-refractivity contribution in [1.82, 2.24) is 5.32 Å². The summed E-state index contributed by atoms with van der Waals surface area (Å²) in [6.45, 7) is 0. The molecule has 1 aromatic carbocycles. The molecule has 12 heavy (non-hydrogen) atoms. The Labute approximate surface area is 69.2 Å². The van der Waals surface area contributed by atoms with E-state index in [2.05, 4.69) is 5.32 Å². The molecule has 0 aliphatic rings. The number of benzene rings is 1. The van der Waals surface area contributed by atoms with E-state index in [0.29, 0.717) is 5.75 Å². The number of ether oxygens (including phenoxy) is 1. The fourth-order valence-corrected chi connectivity index (χ4v) is 0.661. The van der Waals surface area contributed by atoms with E-state index in [1.54, 1.807) is 0 Å². The van der Waals surface area contributed by atoms with Crippen LogP contribution in [0.3, 0.4) is 0 Å². The number of hydrogen-bond donors (Lipinski definition) is 1. The fraction of sp³-hybridized carbons (Fsp3) is 0.125. The highest BCUT2D eigenvalue weighted by Crippen LogP contribution is 2.10. The van der Waals surface area contributed by atoms with Crippen LogP contribution in [-0.2, 0) is 0 Å². The molecule has 0 heterocycles. The third-order valence-electron chi connectivity index (χ3n) is 1.23. The van der Waals surface area contributed by atoms with Gasteiger partial charge < -0.3 is 10.1 Å². The lowest BCUT2D eigenvalue weighted by Crippen LogP contribution is -2.21. The monoisotopic (exact) mass is 169 g/mol. The van der Waals surface area contributed by atoms with Gasteiger partial charge in [0.1, 0.15) is 11.6 Å². The summed E-state index contributed by atoms with van der Waals surface area (Å²) in [7, 11) is 1.45. The van der Waals surface area contributed by atoms with Crippen molar-refractivity contribution in [2.75, 3.05) is 7.05 Å². The summed E-state index contributed by atoms with van der Waals surface area (Å²) < 4.78 is 17.1. The van der Waals surface area contributed by atoms with E-state index in [1.165, 1.54) is 31.3 Å². The number of carbonyl (C=O) groups is 1. The van der Waals surface area contributed by atoms with E-state index in [9.17, 15) is 9.18 Å². The van der Waals surface area contributed by atoms with Crippen LogP contribution >= 0.6 is 0 Å². The first-order valence-electron chi connectivity index (χ1n) is 3.37. The van der Waals surface area contributed by atoms with Crippen molar-refractivity contribution in [3.05, 3.63) is 30.1 Å². The number of carbonyl (C=O) groups excluding carboxylic acids is 1. The summed E-state index contributed by atoms with van der Waals surface area (Å²) in [5.41, 5.74) is 0. The Balaban J connectivity index is 2.64. The maximum Gasteiger partial charge on any atom is 0.412 e. The molecule has 0 spiro atoms. The topological polar surface area (TPSA) is 38.3 Å². The molecule has 0 saturated carbocycles. The second-order valence-electron chi connectivity index (χ2n) is 2.09. The van der Waals surface area contributed by atoms with Gasteiger partial charge in [0.25, 0.3) is 0 Å². The molecule has 1 rings (SSSR count). The molecule has 3 nitrogen and oxygen atoms in total. The van der Waals surface area contributed by atoms with Crippen LogP contribution in [0.5, 0.6) is 5.75 Å². The van der Waals surface area contributed by atoms with Gasteiger partial charge in [-0.2, -0.15) is 0 Å². The van der Waals surface area contributed by atoms with E-state index in [0.717, 1.165) is 0 Å². The zero-order chi connectivity index (χ0) is 8.97. The third-order valence-corrected chi connectivity index (χ3v) is 1.23. The van der Waals surface area contributed by atoms with Gasteiger partial charge in [0.05, 0.1) is 0 Å². The first-order valence-corrected chi connectivity index (χ1v) is 3.37. The number of amides is 1. The van der Waals surface area contributed by atoms with Crippen molar-refractivity contribution in [3.63, 3.8) is 0 Å². The van der Waals surface area contributed by atoms with Crippen molar-refractivity contribution in [2.45, 2.75) is 0 Å². The molecular weight excluding hydrogens is 161 g/mol. The van der Waals surface area contributed by atoms with Crippen LogP contribution in [-0.4, -0.2) is 13.1 Å². The molecule has 0 saturated heterocycles. The van der Waals surface area contributed by atoms with E-state index in [1.807, 2.05) is 0 Å². The van der Waals surface area contributed by atoms with Gasteiger partial charge in [-0.25, -0.2) is 9.18 Å². The second-order valence-corrected chi connectivity index (χ2v) is 2.09. The molecular formula is C8H8FNO2. The Bertz CT molecular complexity index is 271. The van der Waals surface area contributed by atoms with Crippen LogP contribution in [0, 0.1) is 5.82 Å². The molecule has 0 bridgehead atoms. The van der Waals surface area contributed by atoms with Crippen LogP contribution in [0.2, 0.25) is 0 Å². The van der Waals surface area contributed by atoms with Crippen LogP contribution in [0.1, 0.15) is 0 Å². The highest BCUT2D eigenvalue weighted by atomic mass is 19.1. The van der Waals surface area contributed by atoms with Gasteiger partial charge in [-0.05, 0) is 24.3 Å². The lowest BCUT2D eigenvalue weighted by Gasteiger charge is -2.01. The summed E-state index contributed by atoms with van der Waals surface area (Å²) >= 11 is 0. The molecule has 1 N–H and O–H groups in total. The number of nitrogens with one attached hydrogen (secondary N) is 1. The molecule has 0 unspecified atom stereocenters. The van der Waals surface area contributed by atoms with E-state index >= 15 is 0 Å². The zero-order valence-electron chi connectivity index (χ0n) is 6.50. The Morgan fingerprint density at radius 2 is 2.00 bits per heavy atom. The number of hydrogen-bond acceptors (Lipinski definition) is 2. The third kappa shape index (κ3) is 2.23. The minimum atomic E-state index is -0.568. The normalized spacial score (nSPS) is 9.17. The van der Waals surface area contributed by atoms with E-state index in [-0.39, 0.29) is 5.82 Å². The van der Waals surface area contributed by atoms with Gasteiger partial charge in [-0.1, -0.05) is 0 Å². The van der Waals surface area contributed by atoms with Crippen molar-refractivity contribution in [1.29, 1.82) is 0 Å². The van der Waals surface area contributed by atoms with Crippen LogP contribution in [0.4, 0.5) is 9.18 Å². The van der Waals surface area contributed by atoms with Gasteiger partial charge in [-0.3, -0.25) is 0 Å². The predicted octanol–water partition coefficient (Wildman–Crippen LogP) is 1.54. The van der Waals surface area contributed by atoms with Gasteiger partial charge in [-0.15, -0.1) is 0 Å².